The van der Waals surface area contributed by atoms with E-state index in [1.165, 1.54) is 0 Å². The third-order valence-corrected chi connectivity index (χ3v) is 7.78. The van der Waals surface area contributed by atoms with Gasteiger partial charge in [0.1, 0.15) is 5.69 Å². The second-order valence-electron chi connectivity index (χ2n) is 10.1. The summed E-state index contributed by atoms with van der Waals surface area (Å²) in [5.41, 5.74) is 0.824. The molecule has 1 aromatic heterocycles. The maximum atomic E-state index is 13.7. The number of benzene rings is 1. The lowest BCUT2D eigenvalue weighted by Gasteiger charge is -2.61. The fourth-order valence-electron chi connectivity index (χ4n) is 7.01. The van der Waals surface area contributed by atoms with Crippen LogP contribution in [0.25, 0.3) is 5.69 Å². The van der Waals surface area contributed by atoms with Gasteiger partial charge in [0.15, 0.2) is 0 Å². The van der Waals surface area contributed by atoms with Crippen LogP contribution in [0.15, 0.2) is 35.1 Å². The van der Waals surface area contributed by atoms with Crippen molar-refractivity contribution >= 4 is 17.5 Å². The quantitative estimate of drug-likeness (QED) is 0.795. The first kappa shape index (κ1) is 20.1. The zero-order valence-corrected chi connectivity index (χ0v) is 18.4. The molecule has 2 aromatic rings. The summed E-state index contributed by atoms with van der Waals surface area (Å²) in [6.07, 6.45) is 5.41. The monoisotopic (exact) mass is 422 g/mol. The SMILES string of the molecule is CC(=O)NC12CC3CC(C1)CC(C(=O)Nc1c(C)n(C)n(-c4ccccc4)c1=O)(C3)C2. The molecule has 0 saturated heterocycles. The van der Waals surface area contributed by atoms with Gasteiger partial charge in [-0.15, -0.1) is 0 Å². The first-order valence-corrected chi connectivity index (χ1v) is 11.2. The van der Waals surface area contributed by atoms with Gasteiger partial charge >= 0.3 is 0 Å². The first-order chi connectivity index (χ1) is 14.7. The highest BCUT2D eigenvalue weighted by molar-refractivity contribution is 5.96. The standard InChI is InChI=1S/C24H30N4O3/c1-15-20(21(30)28(27(15)3)19-7-5-4-6-8-19)25-22(31)23-10-17-9-18(11-23)13-24(12-17,14-23)26-16(2)29/h4-8,17-18H,9-14H2,1-3H3,(H,25,31)(H,26,29). The molecule has 4 bridgehead atoms. The van der Waals surface area contributed by atoms with E-state index >= 15 is 0 Å². The van der Waals surface area contributed by atoms with Crippen LogP contribution in [0.3, 0.4) is 0 Å². The van der Waals surface area contributed by atoms with Crippen LogP contribution in [-0.2, 0) is 16.6 Å². The third kappa shape index (κ3) is 3.13. The van der Waals surface area contributed by atoms with Crippen LogP contribution >= 0.6 is 0 Å². The summed E-state index contributed by atoms with van der Waals surface area (Å²) in [6, 6.07) is 9.44. The Labute approximate surface area is 181 Å². The van der Waals surface area contributed by atoms with Crippen molar-refractivity contribution < 1.29 is 9.59 Å². The highest BCUT2D eigenvalue weighted by Crippen LogP contribution is 2.61. The molecule has 6 rings (SSSR count). The van der Waals surface area contributed by atoms with Gasteiger partial charge in [-0.2, -0.15) is 0 Å². The van der Waals surface area contributed by atoms with E-state index in [-0.39, 0.29) is 22.9 Å². The van der Waals surface area contributed by atoms with Crippen molar-refractivity contribution in [2.24, 2.45) is 24.3 Å². The van der Waals surface area contributed by atoms with Crippen molar-refractivity contribution in [1.29, 1.82) is 0 Å². The minimum Gasteiger partial charge on any atom is -0.351 e. The van der Waals surface area contributed by atoms with Crippen molar-refractivity contribution in [1.82, 2.24) is 14.7 Å². The zero-order chi connectivity index (χ0) is 22.0. The van der Waals surface area contributed by atoms with Crippen LogP contribution in [0.2, 0.25) is 0 Å². The van der Waals surface area contributed by atoms with Gasteiger partial charge in [-0.25, -0.2) is 4.68 Å². The number of rotatable bonds is 4. The Morgan fingerprint density at radius 3 is 2.32 bits per heavy atom. The number of amides is 2. The Morgan fingerprint density at radius 2 is 1.71 bits per heavy atom. The molecule has 2 unspecified atom stereocenters. The number of anilines is 1. The number of para-hydroxylation sites is 1. The second-order valence-corrected chi connectivity index (χ2v) is 10.1. The zero-order valence-electron chi connectivity index (χ0n) is 18.4. The topological polar surface area (TPSA) is 85.1 Å². The highest BCUT2D eigenvalue weighted by Gasteiger charge is 2.61. The molecule has 2 N–H and O–H groups in total. The normalized spacial score (nSPS) is 30.9. The molecule has 31 heavy (non-hydrogen) atoms. The van der Waals surface area contributed by atoms with Crippen LogP contribution in [0.4, 0.5) is 5.69 Å². The van der Waals surface area contributed by atoms with E-state index in [4.69, 9.17) is 0 Å². The lowest BCUT2D eigenvalue weighted by Crippen LogP contribution is -2.65. The van der Waals surface area contributed by atoms with E-state index in [0.29, 0.717) is 23.9 Å². The van der Waals surface area contributed by atoms with Crippen molar-refractivity contribution in [2.75, 3.05) is 5.32 Å². The molecular formula is C24H30N4O3. The average molecular weight is 423 g/mol. The molecule has 164 valence electrons. The molecule has 7 nitrogen and oxygen atoms in total. The summed E-state index contributed by atoms with van der Waals surface area (Å²) in [5, 5.41) is 6.23. The van der Waals surface area contributed by atoms with Gasteiger partial charge in [-0.1, -0.05) is 18.2 Å². The summed E-state index contributed by atoms with van der Waals surface area (Å²) in [7, 11) is 1.83. The largest absolute Gasteiger partial charge is 0.351 e. The molecule has 0 radical (unpaired) electrons. The van der Waals surface area contributed by atoms with Crippen LogP contribution in [0.1, 0.15) is 51.1 Å². The number of hydrogen-bond donors (Lipinski definition) is 2. The number of hydrogen-bond acceptors (Lipinski definition) is 3. The van der Waals surface area contributed by atoms with Crippen molar-refractivity contribution in [3.8, 4) is 5.69 Å². The van der Waals surface area contributed by atoms with Crippen LogP contribution < -0.4 is 16.2 Å². The summed E-state index contributed by atoms with van der Waals surface area (Å²) in [5.74, 6) is 0.817. The summed E-state index contributed by atoms with van der Waals surface area (Å²) < 4.78 is 3.37. The van der Waals surface area contributed by atoms with Gasteiger partial charge in [-0.3, -0.25) is 19.1 Å². The summed E-state index contributed by atoms with van der Waals surface area (Å²) >= 11 is 0. The number of carbonyl (C=O) groups is 2. The molecule has 2 amide bonds. The van der Waals surface area contributed by atoms with Gasteiger partial charge in [0.05, 0.1) is 16.8 Å². The molecule has 4 fully saturated rings. The van der Waals surface area contributed by atoms with Gasteiger partial charge in [-0.05, 0) is 69.4 Å². The van der Waals surface area contributed by atoms with Gasteiger partial charge in [0.25, 0.3) is 5.56 Å². The Balaban J connectivity index is 1.47. The number of nitrogens with zero attached hydrogens (tertiary/aromatic N) is 2. The summed E-state index contributed by atoms with van der Waals surface area (Å²) in [4.78, 5) is 38.8. The highest BCUT2D eigenvalue weighted by atomic mass is 16.2. The molecular weight excluding hydrogens is 392 g/mol. The van der Waals surface area contributed by atoms with Gasteiger partial charge in [0, 0.05) is 19.5 Å². The van der Waals surface area contributed by atoms with E-state index in [9.17, 15) is 14.4 Å². The van der Waals surface area contributed by atoms with Crippen LogP contribution in [0.5, 0.6) is 0 Å². The summed E-state index contributed by atoms with van der Waals surface area (Å²) in [6.45, 7) is 3.42. The van der Waals surface area contributed by atoms with E-state index in [0.717, 1.165) is 43.5 Å². The van der Waals surface area contributed by atoms with Crippen molar-refractivity contribution in [3.05, 3.63) is 46.4 Å². The maximum absolute atomic E-state index is 13.7. The third-order valence-electron chi connectivity index (χ3n) is 7.78. The predicted molar refractivity (Wildman–Crippen MR) is 118 cm³/mol. The van der Waals surface area contributed by atoms with E-state index in [2.05, 4.69) is 10.6 Å². The number of nitrogens with one attached hydrogen (secondary N) is 2. The predicted octanol–water partition coefficient (Wildman–Crippen LogP) is 2.90. The van der Waals surface area contributed by atoms with E-state index < -0.39 is 5.41 Å². The Hall–Kier alpha value is -2.83. The molecule has 4 aliphatic rings. The van der Waals surface area contributed by atoms with Crippen molar-refractivity contribution in [3.63, 3.8) is 0 Å². The smallest absolute Gasteiger partial charge is 0.295 e. The Morgan fingerprint density at radius 1 is 1.06 bits per heavy atom. The minimum absolute atomic E-state index is 0.0258. The molecule has 4 saturated carbocycles. The molecule has 2 atom stereocenters. The van der Waals surface area contributed by atoms with E-state index in [1.54, 1.807) is 16.3 Å². The number of carbonyl (C=O) groups excluding carboxylic acids is 2. The molecule has 4 aliphatic carbocycles. The van der Waals surface area contributed by atoms with Gasteiger partial charge in [0.2, 0.25) is 11.8 Å². The Bertz CT molecular complexity index is 1100. The Kier molecular flexibility index (Phi) is 4.43. The maximum Gasteiger partial charge on any atom is 0.295 e. The molecule has 0 spiro atoms. The fraction of sp³-hybridized carbons (Fsp3) is 0.542. The van der Waals surface area contributed by atoms with Crippen molar-refractivity contribution in [2.45, 2.75) is 57.9 Å². The lowest BCUT2D eigenvalue weighted by atomic mass is 9.46. The average Bonchev–Trinajstić information content (AvgIpc) is 2.90. The molecule has 0 aliphatic heterocycles. The number of aromatic nitrogens is 2. The first-order valence-electron chi connectivity index (χ1n) is 11.2. The molecule has 1 aromatic carbocycles. The van der Waals surface area contributed by atoms with Gasteiger partial charge < -0.3 is 10.6 Å². The lowest BCUT2D eigenvalue weighted by molar-refractivity contribution is -0.148. The molecule has 1 heterocycles. The fourth-order valence-corrected chi connectivity index (χ4v) is 7.01. The minimum atomic E-state index is -0.515. The van der Waals surface area contributed by atoms with E-state index in [1.807, 2.05) is 44.3 Å². The molecule has 7 heteroatoms. The second kappa shape index (κ2) is 6.84. The van der Waals surface area contributed by atoms with Crippen LogP contribution in [0, 0.1) is 24.2 Å². The van der Waals surface area contributed by atoms with Crippen LogP contribution in [-0.4, -0.2) is 26.7 Å².